The smallest absolute Gasteiger partial charge is 0.305 e. The highest BCUT2D eigenvalue weighted by atomic mass is 19.1. The number of nitrogen functional groups attached to an aromatic ring is 1. The molecule has 4 aromatic carbocycles. The van der Waals surface area contributed by atoms with E-state index in [0.717, 1.165) is 58.6 Å². The number of aryl methyl sites for hydroxylation is 2. The van der Waals surface area contributed by atoms with Crippen LogP contribution in [0.15, 0.2) is 118 Å². The molecule has 2 N–H and O–H groups in total. The number of pyridine rings is 1. The predicted octanol–water partition coefficient (Wildman–Crippen LogP) is 7.80. The molecule has 0 fully saturated rings. The maximum absolute atomic E-state index is 13.2. The summed E-state index contributed by atoms with van der Waals surface area (Å²) in [6, 6.07) is 30.3. The van der Waals surface area contributed by atoms with E-state index in [1.54, 1.807) is 18.2 Å². The molecular weight excluding hydrogens is 549 g/mol. The summed E-state index contributed by atoms with van der Waals surface area (Å²) >= 11 is 0. The van der Waals surface area contributed by atoms with Crippen LogP contribution in [0.3, 0.4) is 0 Å². The highest BCUT2D eigenvalue weighted by Gasteiger charge is 2.17. The van der Waals surface area contributed by atoms with Crippen molar-refractivity contribution < 1.29 is 18.1 Å². The van der Waals surface area contributed by atoms with Crippen LogP contribution in [-0.2, 0) is 12.8 Å². The highest BCUT2D eigenvalue weighted by molar-refractivity contribution is 5.77. The number of anilines is 1. The van der Waals surface area contributed by atoms with E-state index >= 15 is 0 Å². The van der Waals surface area contributed by atoms with Crippen molar-refractivity contribution in [2.24, 2.45) is 0 Å². The number of benzene rings is 4. The van der Waals surface area contributed by atoms with E-state index in [2.05, 4.69) is 15.0 Å². The minimum absolute atomic E-state index is 0.226. The van der Waals surface area contributed by atoms with Gasteiger partial charge in [0.1, 0.15) is 11.0 Å². The lowest BCUT2D eigenvalue weighted by Gasteiger charge is -2.07. The maximum Gasteiger partial charge on any atom is 0.305 e. The molecule has 0 aliphatic heterocycles. The molecule has 0 aliphatic carbocycles. The van der Waals surface area contributed by atoms with Crippen LogP contribution in [0.1, 0.15) is 11.3 Å². The van der Waals surface area contributed by atoms with E-state index < -0.39 is 16.4 Å². The van der Waals surface area contributed by atoms with Gasteiger partial charge in [-0.3, -0.25) is 15.1 Å². The van der Waals surface area contributed by atoms with Crippen LogP contribution in [-0.4, -0.2) is 19.9 Å². The zero-order valence-corrected chi connectivity index (χ0v) is 22.7. The quantitative estimate of drug-likeness (QED) is 0.121. The summed E-state index contributed by atoms with van der Waals surface area (Å²) in [7, 11) is 0. The Morgan fingerprint density at radius 3 is 1.93 bits per heavy atom. The fourth-order valence-corrected chi connectivity index (χ4v) is 4.54. The number of nitro benzene ring substituents is 1. The predicted molar refractivity (Wildman–Crippen MR) is 162 cm³/mol. The average Bonchev–Trinajstić information content (AvgIpc) is 3.66. The molecule has 7 rings (SSSR count). The molecule has 0 aliphatic rings. The second-order valence-electron chi connectivity index (χ2n) is 9.63. The topological polar surface area (TPSA) is 134 Å². The number of hydrogen-bond donors (Lipinski definition) is 1. The number of nitro groups is 1. The maximum atomic E-state index is 13.2. The molecule has 0 saturated carbocycles. The molecule has 0 spiro atoms. The van der Waals surface area contributed by atoms with E-state index in [4.69, 9.17) is 14.6 Å². The second-order valence-corrected chi connectivity index (χ2v) is 9.63. The third kappa shape index (κ3) is 6.08. The molecule has 0 bridgehead atoms. The summed E-state index contributed by atoms with van der Waals surface area (Å²) in [4.78, 5) is 23.0. The van der Waals surface area contributed by atoms with Crippen molar-refractivity contribution in [2.75, 3.05) is 5.73 Å². The molecule has 43 heavy (non-hydrogen) atoms. The molecule has 0 amide bonds. The normalized spacial score (nSPS) is 10.9. The molecule has 0 radical (unpaired) electrons. The monoisotopic (exact) mass is 573 g/mol. The van der Waals surface area contributed by atoms with Crippen molar-refractivity contribution in [1.29, 1.82) is 0 Å². The van der Waals surface area contributed by atoms with Crippen LogP contribution in [0.5, 0.6) is 0 Å². The van der Waals surface area contributed by atoms with Gasteiger partial charge in [-0.2, -0.15) is 4.39 Å². The van der Waals surface area contributed by atoms with Gasteiger partial charge in [-0.25, -0.2) is 9.97 Å². The van der Waals surface area contributed by atoms with Crippen molar-refractivity contribution in [3.63, 3.8) is 0 Å². The van der Waals surface area contributed by atoms with E-state index in [-0.39, 0.29) is 5.89 Å². The molecule has 0 saturated heterocycles. The largest absolute Gasteiger partial charge is 0.436 e. The fourth-order valence-electron chi connectivity index (χ4n) is 4.54. The van der Waals surface area contributed by atoms with Gasteiger partial charge in [-0.05, 0) is 79.1 Å². The van der Waals surface area contributed by atoms with Gasteiger partial charge in [-0.15, -0.1) is 0 Å². The second kappa shape index (κ2) is 11.9. The van der Waals surface area contributed by atoms with Gasteiger partial charge in [0, 0.05) is 34.8 Å². The van der Waals surface area contributed by atoms with Crippen molar-refractivity contribution >= 4 is 33.6 Å². The Hall–Kier alpha value is -5.90. The molecule has 0 atom stereocenters. The highest BCUT2D eigenvalue weighted by Crippen LogP contribution is 2.29. The average molecular weight is 574 g/mol. The van der Waals surface area contributed by atoms with Gasteiger partial charge in [0.2, 0.25) is 17.6 Å². The number of rotatable bonds is 6. The van der Waals surface area contributed by atoms with Crippen LogP contribution in [0.25, 0.3) is 45.1 Å². The van der Waals surface area contributed by atoms with Crippen molar-refractivity contribution in [3.8, 4) is 22.9 Å². The van der Waals surface area contributed by atoms with E-state index in [0.29, 0.717) is 22.6 Å². The lowest BCUT2D eigenvalue weighted by molar-refractivity contribution is -0.387. The summed E-state index contributed by atoms with van der Waals surface area (Å²) in [5.41, 5.74) is 12.7. The van der Waals surface area contributed by atoms with Gasteiger partial charge in [0.15, 0.2) is 11.2 Å². The Morgan fingerprint density at radius 2 is 1.35 bits per heavy atom. The number of halogens is 1. The Labute approximate surface area is 244 Å². The summed E-state index contributed by atoms with van der Waals surface area (Å²) in [5, 5.41) is 10.7. The van der Waals surface area contributed by atoms with Crippen molar-refractivity contribution in [2.45, 2.75) is 12.8 Å². The van der Waals surface area contributed by atoms with Crippen LogP contribution in [0.4, 0.5) is 15.8 Å². The Kier molecular flexibility index (Phi) is 7.56. The first kappa shape index (κ1) is 27.3. The number of fused-ring (bicyclic) bond motifs is 2. The summed E-state index contributed by atoms with van der Waals surface area (Å²) in [6.45, 7) is 0. The number of nitrogens with zero attached hydrogens (tertiary/aromatic N) is 4. The zero-order valence-electron chi connectivity index (χ0n) is 22.7. The molecular formula is C33H24FN5O4. The summed E-state index contributed by atoms with van der Waals surface area (Å²) in [6.07, 6.45) is 3.54. The van der Waals surface area contributed by atoms with Crippen LogP contribution in [0.2, 0.25) is 0 Å². The van der Waals surface area contributed by atoms with E-state index in [1.807, 2.05) is 72.9 Å². The number of nitrogens with two attached hydrogens (primary N) is 1. The minimum Gasteiger partial charge on any atom is -0.436 e. The minimum atomic E-state index is -0.884. The molecule has 3 aromatic heterocycles. The Bertz CT molecular complexity index is 1990. The number of oxazole rings is 2. The standard InChI is InChI=1S/C20H17N3O.C13H7FN2O3/c21-17-13-15(20-23-18-6-1-2-7-19(18)24-20)9-8-14(17)10-11-16-5-3-4-12-22-16;14-9-6-5-8(7-11(9)16(17)18)13-15-10-3-1-2-4-12(10)19-13/h1-9,12-13H,10-11,21H2;1-7H. The fraction of sp³-hybridized carbons (Fsp3) is 0.0606. The number of hydrogen-bond acceptors (Lipinski definition) is 8. The molecule has 7 aromatic rings. The van der Waals surface area contributed by atoms with Crippen molar-refractivity contribution in [1.82, 2.24) is 15.0 Å². The molecule has 10 heteroatoms. The first-order chi connectivity index (χ1) is 20.9. The van der Waals surface area contributed by atoms with Crippen LogP contribution >= 0.6 is 0 Å². The molecule has 9 nitrogen and oxygen atoms in total. The van der Waals surface area contributed by atoms with Crippen molar-refractivity contribution in [3.05, 3.63) is 137 Å². The third-order valence-corrected chi connectivity index (χ3v) is 6.75. The Morgan fingerprint density at radius 1 is 0.744 bits per heavy atom. The summed E-state index contributed by atoms with van der Waals surface area (Å²) in [5.74, 6) is -0.0617. The van der Waals surface area contributed by atoms with Gasteiger partial charge in [0.05, 0.1) is 4.92 Å². The number of para-hydroxylation sites is 4. The van der Waals surface area contributed by atoms with E-state index in [9.17, 15) is 14.5 Å². The van der Waals surface area contributed by atoms with Gasteiger partial charge in [-0.1, -0.05) is 36.4 Å². The van der Waals surface area contributed by atoms with Crippen LogP contribution < -0.4 is 5.73 Å². The van der Waals surface area contributed by atoms with Crippen LogP contribution in [0, 0.1) is 15.9 Å². The molecule has 3 heterocycles. The molecule has 212 valence electrons. The zero-order chi connectivity index (χ0) is 29.8. The first-order valence-electron chi connectivity index (χ1n) is 13.4. The SMILES string of the molecule is Nc1cc(-c2nc3ccccc3o2)ccc1CCc1ccccn1.O=[N+]([O-])c1cc(-c2nc3ccccc3o2)ccc1F. The molecule has 0 unspecified atom stereocenters. The lowest BCUT2D eigenvalue weighted by Crippen LogP contribution is -1.99. The lowest BCUT2D eigenvalue weighted by atomic mass is 10.0. The number of aromatic nitrogens is 3. The van der Waals surface area contributed by atoms with Gasteiger partial charge >= 0.3 is 5.69 Å². The van der Waals surface area contributed by atoms with Gasteiger partial charge in [0.25, 0.3) is 0 Å². The third-order valence-electron chi connectivity index (χ3n) is 6.75. The van der Waals surface area contributed by atoms with E-state index in [1.165, 1.54) is 6.07 Å². The Balaban J connectivity index is 0.000000157. The summed E-state index contributed by atoms with van der Waals surface area (Å²) < 4.78 is 24.5. The first-order valence-corrected chi connectivity index (χ1v) is 13.4. The van der Waals surface area contributed by atoms with Gasteiger partial charge < -0.3 is 14.6 Å².